The monoisotopic (exact) mass is 480 g/mol. The van der Waals surface area contributed by atoms with Gasteiger partial charge in [0, 0.05) is 7.11 Å². The van der Waals surface area contributed by atoms with Crippen molar-refractivity contribution >= 4 is 63.8 Å². The highest BCUT2D eigenvalue weighted by Gasteiger charge is 2.33. The number of hydrogen-bond acceptors (Lipinski definition) is 6. The van der Waals surface area contributed by atoms with Gasteiger partial charge in [-0.25, -0.2) is 9.79 Å². The van der Waals surface area contributed by atoms with Crippen molar-refractivity contribution in [1.29, 1.82) is 0 Å². The summed E-state index contributed by atoms with van der Waals surface area (Å²) in [6.07, 6.45) is 1.65. The molecule has 3 rings (SSSR count). The molecule has 1 N–H and O–H groups in total. The van der Waals surface area contributed by atoms with Gasteiger partial charge < -0.3 is 14.6 Å². The number of carboxylic acid groups (broad SMARTS) is 1. The minimum absolute atomic E-state index is 0.0753. The molecule has 1 heterocycles. The summed E-state index contributed by atoms with van der Waals surface area (Å²) in [6, 6.07) is 12.4. The summed E-state index contributed by atoms with van der Waals surface area (Å²) in [7, 11) is 1.57. The highest BCUT2D eigenvalue weighted by atomic mass is 35.5. The number of ether oxygens (including phenoxy) is 2. The van der Waals surface area contributed by atoms with Gasteiger partial charge in [-0.3, -0.25) is 9.69 Å². The number of thioether (sulfide) groups is 1. The number of para-hydroxylation sites is 1. The lowest BCUT2D eigenvalue weighted by Crippen LogP contribution is -2.32. The van der Waals surface area contributed by atoms with Crippen LogP contribution in [-0.4, -0.2) is 53.9 Å². The van der Waals surface area contributed by atoms with E-state index in [1.54, 1.807) is 30.2 Å². The number of carbonyl (C=O) groups is 2. The van der Waals surface area contributed by atoms with E-state index in [4.69, 9.17) is 37.8 Å². The molecule has 1 amide bonds. The molecule has 0 aromatic heterocycles. The number of amidine groups is 1. The normalized spacial score (nSPS) is 16.4. The van der Waals surface area contributed by atoms with Gasteiger partial charge in [0.05, 0.1) is 33.8 Å². The number of aliphatic carboxylic acids is 1. The first-order chi connectivity index (χ1) is 14.9. The number of carbonyl (C=O) groups excluding carboxylic acids is 1. The average Bonchev–Trinajstić information content (AvgIpc) is 3.00. The summed E-state index contributed by atoms with van der Waals surface area (Å²) in [6.45, 7) is 0.150. The van der Waals surface area contributed by atoms with Crippen LogP contribution in [0.5, 0.6) is 5.75 Å². The van der Waals surface area contributed by atoms with Crippen LogP contribution in [0, 0.1) is 0 Å². The summed E-state index contributed by atoms with van der Waals surface area (Å²) < 4.78 is 10.2. The third kappa shape index (κ3) is 6.01. The highest BCUT2D eigenvalue weighted by Crippen LogP contribution is 2.38. The maximum Gasteiger partial charge on any atom is 0.341 e. The average molecular weight is 481 g/mol. The Balaban J connectivity index is 1.90. The lowest BCUT2D eigenvalue weighted by molar-refractivity contribution is -0.139. The summed E-state index contributed by atoms with van der Waals surface area (Å²) in [5.41, 5.74) is 1.30. The van der Waals surface area contributed by atoms with E-state index in [2.05, 4.69) is 4.99 Å². The molecule has 2 aromatic rings. The van der Waals surface area contributed by atoms with Crippen molar-refractivity contribution in [2.75, 3.05) is 26.9 Å². The Morgan fingerprint density at radius 3 is 2.52 bits per heavy atom. The number of halogens is 2. The molecule has 0 bridgehead atoms. The molecule has 0 radical (unpaired) electrons. The largest absolute Gasteiger partial charge is 0.479 e. The summed E-state index contributed by atoms with van der Waals surface area (Å²) in [4.78, 5) is 30.3. The second kappa shape index (κ2) is 10.7. The van der Waals surface area contributed by atoms with Crippen LogP contribution in [0.15, 0.2) is 52.4 Å². The lowest BCUT2D eigenvalue weighted by Gasteiger charge is -2.14. The Hall–Kier alpha value is -2.52. The number of hydrogen-bond donors (Lipinski definition) is 1. The van der Waals surface area contributed by atoms with Crippen molar-refractivity contribution in [1.82, 2.24) is 4.90 Å². The van der Waals surface area contributed by atoms with Crippen molar-refractivity contribution in [3.63, 3.8) is 0 Å². The van der Waals surface area contributed by atoms with Gasteiger partial charge in [0.1, 0.15) is 0 Å². The standard InChI is InChI=1S/C21H18Cl2N2O5S/c1-29-8-7-25-20(28)17(31-21(25)24-14-5-3-2-4-6-14)11-13-9-15(22)19(16(23)10-13)30-12-18(26)27/h2-6,9-11H,7-8,12H2,1H3,(H,26,27)/b17-11-,24-21?. The van der Waals surface area contributed by atoms with E-state index in [0.29, 0.717) is 28.8 Å². The van der Waals surface area contributed by atoms with E-state index in [1.807, 2.05) is 30.3 Å². The van der Waals surface area contributed by atoms with Crippen LogP contribution < -0.4 is 4.74 Å². The van der Waals surface area contributed by atoms with Crippen molar-refractivity contribution in [3.8, 4) is 5.75 Å². The summed E-state index contributed by atoms with van der Waals surface area (Å²) >= 11 is 13.6. The molecular weight excluding hydrogens is 463 g/mol. The van der Waals surface area contributed by atoms with Gasteiger partial charge in [0.2, 0.25) is 0 Å². The second-order valence-corrected chi connectivity index (χ2v) is 8.11. The van der Waals surface area contributed by atoms with E-state index in [0.717, 1.165) is 5.69 Å². The Labute approximate surface area is 193 Å². The van der Waals surface area contributed by atoms with Crippen molar-refractivity contribution in [2.24, 2.45) is 4.99 Å². The molecule has 0 atom stereocenters. The third-order valence-corrected chi connectivity index (χ3v) is 5.61. The van der Waals surface area contributed by atoms with Crippen molar-refractivity contribution < 1.29 is 24.2 Å². The van der Waals surface area contributed by atoms with Gasteiger partial charge in [0.25, 0.3) is 5.91 Å². The topological polar surface area (TPSA) is 88.4 Å². The SMILES string of the molecule is COCCN1C(=O)/C(=C/c2cc(Cl)c(OCC(=O)O)c(Cl)c2)SC1=Nc1ccccc1. The van der Waals surface area contributed by atoms with Crippen LogP contribution in [0.1, 0.15) is 5.56 Å². The minimum Gasteiger partial charge on any atom is -0.479 e. The van der Waals surface area contributed by atoms with E-state index in [9.17, 15) is 9.59 Å². The van der Waals surface area contributed by atoms with Gasteiger partial charge in [-0.15, -0.1) is 0 Å². The molecule has 0 saturated carbocycles. The molecule has 162 valence electrons. The second-order valence-electron chi connectivity index (χ2n) is 6.29. The zero-order valence-corrected chi connectivity index (χ0v) is 18.7. The number of carboxylic acids is 1. The van der Waals surface area contributed by atoms with E-state index in [-0.39, 0.29) is 21.7 Å². The maximum atomic E-state index is 13.0. The number of nitrogens with zero attached hydrogens (tertiary/aromatic N) is 2. The molecule has 1 aliphatic heterocycles. The summed E-state index contributed by atoms with van der Waals surface area (Å²) in [5, 5.41) is 9.59. The fourth-order valence-electron chi connectivity index (χ4n) is 2.67. The number of aliphatic imine (C=N–C) groups is 1. The highest BCUT2D eigenvalue weighted by molar-refractivity contribution is 8.18. The Kier molecular flexibility index (Phi) is 7.97. The maximum absolute atomic E-state index is 13.0. The first kappa shape index (κ1) is 23.1. The lowest BCUT2D eigenvalue weighted by atomic mass is 10.2. The van der Waals surface area contributed by atoms with Gasteiger partial charge in [0.15, 0.2) is 17.5 Å². The van der Waals surface area contributed by atoms with E-state index in [1.165, 1.54) is 11.8 Å². The van der Waals surface area contributed by atoms with Crippen LogP contribution in [0.3, 0.4) is 0 Å². The Bertz CT molecular complexity index is 1020. The molecule has 0 aliphatic carbocycles. The number of amides is 1. The molecule has 7 nitrogen and oxygen atoms in total. The predicted octanol–water partition coefficient (Wildman–Crippen LogP) is 4.71. The zero-order chi connectivity index (χ0) is 22.4. The van der Waals surface area contributed by atoms with Gasteiger partial charge in [-0.05, 0) is 47.7 Å². The van der Waals surface area contributed by atoms with Crippen LogP contribution in [0.2, 0.25) is 10.0 Å². The first-order valence-electron chi connectivity index (χ1n) is 9.06. The van der Waals surface area contributed by atoms with Gasteiger partial charge in [-0.2, -0.15) is 0 Å². The summed E-state index contributed by atoms with van der Waals surface area (Å²) in [5.74, 6) is -1.28. The van der Waals surface area contributed by atoms with Gasteiger partial charge in [-0.1, -0.05) is 41.4 Å². The smallest absolute Gasteiger partial charge is 0.341 e. The number of benzene rings is 2. The van der Waals surface area contributed by atoms with Crippen LogP contribution in [-0.2, 0) is 14.3 Å². The molecule has 0 spiro atoms. The van der Waals surface area contributed by atoms with Crippen LogP contribution in [0.25, 0.3) is 6.08 Å². The van der Waals surface area contributed by atoms with E-state index < -0.39 is 12.6 Å². The third-order valence-electron chi connectivity index (χ3n) is 4.05. The molecule has 2 aromatic carbocycles. The van der Waals surface area contributed by atoms with Gasteiger partial charge >= 0.3 is 5.97 Å². The predicted molar refractivity (Wildman–Crippen MR) is 122 cm³/mol. The number of methoxy groups -OCH3 is 1. The molecule has 10 heteroatoms. The fourth-order valence-corrected chi connectivity index (χ4v) is 4.31. The quantitative estimate of drug-likeness (QED) is 0.550. The molecule has 1 fully saturated rings. The zero-order valence-electron chi connectivity index (χ0n) is 16.4. The molecular formula is C21H18Cl2N2O5S. The molecule has 0 unspecified atom stereocenters. The molecule has 1 aliphatic rings. The Morgan fingerprint density at radius 2 is 1.90 bits per heavy atom. The van der Waals surface area contributed by atoms with Crippen LogP contribution >= 0.6 is 35.0 Å². The fraction of sp³-hybridized carbons (Fsp3) is 0.190. The first-order valence-corrected chi connectivity index (χ1v) is 10.6. The van der Waals surface area contributed by atoms with E-state index >= 15 is 0 Å². The Morgan fingerprint density at radius 1 is 1.23 bits per heavy atom. The molecule has 1 saturated heterocycles. The van der Waals surface area contributed by atoms with Crippen LogP contribution in [0.4, 0.5) is 5.69 Å². The van der Waals surface area contributed by atoms with Crippen molar-refractivity contribution in [3.05, 3.63) is 63.0 Å². The molecule has 31 heavy (non-hydrogen) atoms. The van der Waals surface area contributed by atoms with Crippen molar-refractivity contribution in [2.45, 2.75) is 0 Å². The minimum atomic E-state index is -1.15. The number of rotatable bonds is 8.